The molecule has 1 aliphatic rings. The maximum Gasteiger partial charge on any atom is 0.163 e. The van der Waals surface area contributed by atoms with E-state index in [0.717, 1.165) is 19.2 Å². The Morgan fingerprint density at radius 2 is 1.86 bits per heavy atom. The van der Waals surface area contributed by atoms with Gasteiger partial charge in [-0.2, -0.15) is 0 Å². The van der Waals surface area contributed by atoms with Gasteiger partial charge in [-0.3, -0.25) is 9.80 Å². The molecule has 5 heteroatoms. The second-order valence-electron chi connectivity index (χ2n) is 6.07. The first kappa shape index (κ1) is 16.3. The monoisotopic (exact) mass is 297 g/mol. The van der Waals surface area contributed by atoms with Gasteiger partial charge in [0.2, 0.25) is 0 Å². The molecule has 0 aliphatic carbocycles. The van der Waals surface area contributed by atoms with Crippen molar-refractivity contribution in [2.24, 2.45) is 0 Å². The van der Waals surface area contributed by atoms with E-state index < -0.39 is 11.6 Å². The van der Waals surface area contributed by atoms with Crippen molar-refractivity contribution in [3.8, 4) is 0 Å². The summed E-state index contributed by atoms with van der Waals surface area (Å²) >= 11 is 0. The summed E-state index contributed by atoms with van der Waals surface area (Å²) in [4.78, 5) is 4.68. The standard InChI is InChI=1S/C16H25F2N3/c1-11-8-21(9-12(2)20(11)4)10-15(19-3)13-6-5-7-14(17)16(13)18/h5-7,11-12,15,19H,8-10H2,1-4H3. The molecule has 1 aromatic carbocycles. The van der Waals surface area contributed by atoms with Crippen molar-refractivity contribution in [3.63, 3.8) is 0 Å². The number of nitrogens with one attached hydrogen (secondary N) is 1. The van der Waals surface area contributed by atoms with Crippen LogP contribution in [-0.4, -0.2) is 55.6 Å². The Bertz CT molecular complexity index is 469. The van der Waals surface area contributed by atoms with Crippen LogP contribution in [-0.2, 0) is 0 Å². The topological polar surface area (TPSA) is 18.5 Å². The highest BCUT2D eigenvalue weighted by Crippen LogP contribution is 2.22. The lowest BCUT2D eigenvalue weighted by atomic mass is 10.0. The summed E-state index contributed by atoms with van der Waals surface area (Å²) in [6, 6.07) is 5.09. The van der Waals surface area contributed by atoms with Crippen LogP contribution in [0.15, 0.2) is 18.2 Å². The van der Waals surface area contributed by atoms with Crippen molar-refractivity contribution in [1.82, 2.24) is 15.1 Å². The van der Waals surface area contributed by atoms with E-state index in [9.17, 15) is 8.78 Å². The fourth-order valence-corrected chi connectivity index (χ4v) is 3.06. The Kier molecular flexibility index (Phi) is 5.30. The Hall–Kier alpha value is -1.04. The lowest BCUT2D eigenvalue weighted by Crippen LogP contribution is -2.56. The molecule has 0 spiro atoms. The number of nitrogens with zero attached hydrogens (tertiary/aromatic N) is 2. The molecule has 2 rings (SSSR count). The van der Waals surface area contributed by atoms with Gasteiger partial charge < -0.3 is 5.32 Å². The SMILES string of the molecule is CNC(CN1CC(C)N(C)C(C)C1)c1cccc(F)c1F. The van der Waals surface area contributed by atoms with E-state index in [1.54, 1.807) is 19.2 Å². The zero-order valence-electron chi connectivity index (χ0n) is 13.2. The minimum Gasteiger partial charge on any atom is -0.312 e. The fourth-order valence-electron chi connectivity index (χ4n) is 3.06. The van der Waals surface area contributed by atoms with Crippen molar-refractivity contribution in [1.29, 1.82) is 0 Å². The predicted molar refractivity (Wildman–Crippen MR) is 81.3 cm³/mol. The van der Waals surface area contributed by atoms with E-state index in [4.69, 9.17) is 0 Å². The largest absolute Gasteiger partial charge is 0.312 e. The summed E-state index contributed by atoms with van der Waals surface area (Å²) in [5.74, 6) is -1.53. The molecule has 1 heterocycles. The van der Waals surface area contributed by atoms with Gasteiger partial charge in [-0.15, -0.1) is 0 Å². The Morgan fingerprint density at radius 3 is 2.43 bits per heavy atom. The fraction of sp³-hybridized carbons (Fsp3) is 0.625. The second kappa shape index (κ2) is 6.81. The number of halogens is 2. The molecule has 0 bridgehead atoms. The van der Waals surface area contributed by atoms with Crippen LogP contribution < -0.4 is 5.32 Å². The van der Waals surface area contributed by atoms with E-state index in [-0.39, 0.29) is 6.04 Å². The first-order valence-corrected chi connectivity index (χ1v) is 7.49. The maximum atomic E-state index is 14.0. The van der Waals surface area contributed by atoms with Crippen LogP contribution in [0.3, 0.4) is 0 Å². The molecule has 1 aromatic rings. The van der Waals surface area contributed by atoms with Crippen LogP contribution in [0.4, 0.5) is 8.78 Å². The zero-order chi connectivity index (χ0) is 15.6. The third-order valence-corrected chi connectivity index (χ3v) is 4.58. The summed E-state index contributed by atoms with van der Waals surface area (Å²) in [6.07, 6.45) is 0. The normalized spacial score (nSPS) is 26.0. The predicted octanol–water partition coefficient (Wildman–Crippen LogP) is 2.25. The summed E-state index contributed by atoms with van der Waals surface area (Å²) in [6.45, 7) is 6.95. The van der Waals surface area contributed by atoms with Gasteiger partial charge in [-0.25, -0.2) is 8.78 Å². The molecule has 1 aliphatic heterocycles. The van der Waals surface area contributed by atoms with E-state index in [1.807, 2.05) is 0 Å². The van der Waals surface area contributed by atoms with E-state index >= 15 is 0 Å². The van der Waals surface area contributed by atoms with Crippen molar-refractivity contribution in [2.45, 2.75) is 32.0 Å². The number of benzene rings is 1. The Balaban J connectivity index is 2.11. The third kappa shape index (κ3) is 3.59. The molecular weight excluding hydrogens is 272 g/mol. The van der Waals surface area contributed by atoms with Gasteiger partial charge in [0.25, 0.3) is 0 Å². The first-order chi connectivity index (χ1) is 9.93. The van der Waals surface area contributed by atoms with Crippen LogP contribution >= 0.6 is 0 Å². The number of hydrogen-bond acceptors (Lipinski definition) is 3. The molecular formula is C16H25F2N3. The van der Waals surface area contributed by atoms with E-state index in [2.05, 4.69) is 36.0 Å². The zero-order valence-corrected chi connectivity index (χ0v) is 13.2. The van der Waals surface area contributed by atoms with Gasteiger partial charge in [0.05, 0.1) is 0 Å². The van der Waals surface area contributed by atoms with Crippen molar-refractivity contribution in [3.05, 3.63) is 35.4 Å². The van der Waals surface area contributed by atoms with Crippen LogP contribution in [0.25, 0.3) is 0 Å². The molecule has 21 heavy (non-hydrogen) atoms. The lowest BCUT2D eigenvalue weighted by molar-refractivity contribution is 0.0544. The quantitative estimate of drug-likeness (QED) is 0.919. The smallest absolute Gasteiger partial charge is 0.163 e. The van der Waals surface area contributed by atoms with Crippen molar-refractivity contribution < 1.29 is 8.78 Å². The molecule has 1 N–H and O–H groups in total. The molecule has 0 saturated carbocycles. The highest BCUT2D eigenvalue weighted by atomic mass is 19.2. The van der Waals surface area contributed by atoms with Crippen LogP contribution in [0.5, 0.6) is 0 Å². The van der Waals surface area contributed by atoms with Gasteiger partial charge in [0.1, 0.15) is 0 Å². The molecule has 3 unspecified atom stereocenters. The van der Waals surface area contributed by atoms with E-state index in [1.165, 1.54) is 0 Å². The highest BCUT2D eigenvalue weighted by Gasteiger charge is 2.28. The summed E-state index contributed by atoms with van der Waals surface area (Å²) in [5.41, 5.74) is 0.400. The minimum absolute atomic E-state index is 0.205. The van der Waals surface area contributed by atoms with E-state index in [0.29, 0.717) is 24.2 Å². The van der Waals surface area contributed by atoms with Crippen LogP contribution in [0.1, 0.15) is 25.5 Å². The van der Waals surface area contributed by atoms with Gasteiger partial charge >= 0.3 is 0 Å². The molecule has 0 amide bonds. The van der Waals surface area contributed by atoms with Crippen molar-refractivity contribution >= 4 is 0 Å². The number of rotatable bonds is 4. The summed E-state index contributed by atoms with van der Waals surface area (Å²) in [7, 11) is 3.92. The molecule has 1 saturated heterocycles. The number of likely N-dealkylation sites (N-methyl/N-ethyl adjacent to an activating group) is 2. The molecule has 118 valence electrons. The molecule has 3 nitrogen and oxygen atoms in total. The van der Waals surface area contributed by atoms with Crippen LogP contribution in [0, 0.1) is 11.6 Å². The van der Waals surface area contributed by atoms with Crippen molar-refractivity contribution in [2.75, 3.05) is 33.7 Å². The molecule has 0 radical (unpaired) electrons. The lowest BCUT2D eigenvalue weighted by Gasteiger charge is -2.43. The molecule has 3 atom stereocenters. The average molecular weight is 297 g/mol. The maximum absolute atomic E-state index is 14.0. The Labute approximate surface area is 125 Å². The molecule has 1 fully saturated rings. The number of piperazine rings is 1. The highest BCUT2D eigenvalue weighted by molar-refractivity contribution is 5.23. The minimum atomic E-state index is -0.784. The summed E-state index contributed by atoms with van der Waals surface area (Å²) < 4.78 is 27.4. The van der Waals surface area contributed by atoms with Crippen LogP contribution in [0.2, 0.25) is 0 Å². The van der Waals surface area contributed by atoms with Gasteiger partial charge in [0.15, 0.2) is 11.6 Å². The third-order valence-electron chi connectivity index (χ3n) is 4.58. The average Bonchev–Trinajstić information content (AvgIpc) is 2.45. The first-order valence-electron chi connectivity index (χ1n) is 7.49. The second-order valence-corrected chi connectivity index (χ2v) is 6.07. The molecule has 0 aromatic heterocycles. The van der Waals surface area contributed by atoms with Gasteiger partial charge in [-0.05, 0) is 34.0 Å². The Morgan fingerprint density at radius 1 is 1.24 bits per heavy atom. The summed E-state index contributed by atoms with van der Waals surface area (Å²) in [5, 5.41) is 3.11. The van der Waals surface area contributed by atoms with Gasteiger partial charge in [-0.1, -0.05) is 12.1 Å². The van der Waals surface area contributed by atoms with Gasteiger partial charge in [0, 0.05) is 43.3 Å². The number of hydrogen-bond donors (Lipinski definition) is 1.